The predicted molar refractivity (Wildman–Crippen MR) is 51.1 cm³/mol. The molecule has 0 saturated heterocycles. The minimum Gasteiger partial charge on any atom is -0.495 e. The maximum Gasteiger partial charge on any atom is 0.137 e. The Morgan fingerprint density at radius 3 is 3.00 bits per heavy atom. The van der Waals surface area contributed by atoms with Crippen LogP contribution in [0, 0.1) is 0 Å². The van der Waals surface area contributed by atoms with Gasteiger partial charge in [0.15, 0.2) is 0 Å². The molecule has 3 nitrogen and oxygen atoms in total. The SMILES string of the molecule is CCc1cnn2cc(OC)ccc12. The first-order chi connectivity index (χ1) is 6.35. The lowest BCUT2D eigenvalue weighted by atomic mass is 10.2. The van der Waals surface area contributed by atoms with Crippen molar-refractivity contribution in [3.05, 3.63) is 30.1 Å². The summed E-state index contributed by atoms with van der Waals surface area (Å²) in [5.41, 5.74) is 2.42. The Labute approximate surface area is 76.9 Å². The molecule has 0 aliphatic carbocycles. The molecule has 0 bridgehead atoms. The van der Waals surface area contributed by atoms with Crippen LogP contribution in [0.4, 0.5) is 0 Å². The summed E-state index contributed by atoms with van der Waals surface area (Å²) in [7, 11) is 1.66. The number of methoxy groups -OCH3 is 1. The minimum absolute atomic E-state index is 0.832. The van der Waals surface area contributed by atoms with Crippen molar-refractivity contribution < 1.29 is 4.74 Å². The first-order valence-electron chi connectivity index (χ1n) is 4.35. The number of pyridine rings is 1. The van der Waals surface area contributed by atoms with E-state index in [4.69, 9.17) is 4.74 Å². The van der Waals surface area contributed by atoms with Gasteiger partial charge in [-0.15, -0.1) is 0 Å². The van der Waals surface area contributed by atoms with Crippen LogP contribution in [0.15, 0.2) is 24.5 Å². The predicted octanol–water partition coefficient (Wildman–Crippen LogP) is 1.91. The van der Waals surface area contributed by atoms with E-state index < -0.39 is 0 Å². The Morgan fingerprint density at radius 1 is 1.46 bits per heavy atom. The summed E-state index contributed by atoms with van der Waals surface area (Å²) in [5, 5.41) is 4.23. The van der Waals surface area contributed by atoms with Gasteiger partial charge in [0.2, 0.25) is 0 Å². The zero-order valence-electron chi connectivity index (χ0n) is 7.82. The molecule has 0 atom stereocenters. The molecule has 2 rings (SSSR count). The summed E-state index contributed by atoms with van der Waals surface area (Å²) in [6, 6.07) is 3.99. The van der Waals surface area contributed by atoms with Gasteiger partial charge in [0.1, 0.15) is 5.75 Å². The Kier molecular flexibility index (Phi) is 1.93. The molecule has 3 heteroatoms. The Balaban J connectivity index is 2.61. The molecule has 0 fully saturated rings. The molecule has 68 valence electrons. The van der Waals surface area contributed by atoms with E-state index in [0.717, 1.165) is 17.7 Å². The molecule has 0 saturated carbocycles. The number of hydrogen-bond acceptors (Lipinski definition) is 2. The molecule has 0 amide bonds. The molecule has 0 spiro atoms. The van der Waals surface area contributed by atoms with E-state index in [0.29, 0.717) is 0 Å². The van der Waals surface area contributed by atoms with E-state index in [2.05, 4.69) is 12.0 Å². The summed E-state index contributed by atoms with van der Waals surface area (Å²) < 4.78 is 6.95. The molecule has 0 aliphatic heterocycles. The number of nitrogens with zero attached hydrogens (tertiary/aromatic N) is 2. The highest BCUT2D eigenvalue weighted by atomic mass is 16.5. The second-order valence-electron chi connectivity index (χ2n) is 2.92. The maximum absolute atomic E-state index is 5.10. The van der Waals surface area contributed by atoms with E-state index in [1.165, 1.54) is 5.56 Å². The van der Waals surface area contributed by atoms with Crippen LogP contribution in [-0.4, -0.2) is 16.7 Å². The second kappa shape index (κ2) is 3.09. The number of hydrogen-bond donors (Lipinski definition) is 0. The van der Waals surface area contributed by atoms with Crippen molar-refractivity contribution in [3.8, 4) is 5.75 Å². The molecular formula is C10H12N2O. The second-order valence-corrected chi connectivity index (χ2v) is 2.92. The van der Waals surface area contributed by atoms with Crippen LogP contribution in [-0.2, 0) is 6.42 Å². The van der Waals surface area contributed by atoms with E-state index in [-0.39, 0.29) is 0 Å². The van der Waals surface area contributed by atoms with Crippen molar-refractivity contribution in [3.63, 3.8) is 0 Å². The standard InChI is InChI=1S/C10H12N2O/c1-3-8-6-11-12-7-9(13-2)4-5-10(8)12/h4-7H,3H2,1-2H3. The average Bonchev–Trinajstić information content (AvgIpc) is 2.59. The fourth-order valence-electron chi connectivity index (χ4n) is 1.41. The third-order valence-electron chi connectivity index (χ3n) is 2.19. The lowest BCUT2D eigenvalue weighted by Gasteiger charge is -2.00. The van der Waals surface area contributed by atoms with Gasteiger partial charge in [0.25, 0.3) is 0 Å². The van der Waals surface area contributed by atoms with Gasteiger partial charge in [-0.3, -0.25) is 0 Å². The van der Waals surface area contributed by atoms with E-state index >= 15 is 0 Å². The topological polar surface area (TPSA) is 26.5 Å². The molecule has 2 aromatic rings. The van der Waals surface area contributed by atoms with Gasteiger partial charge in [0.05, 0.1) is 25.0 Å². The van der Waals surface area contributed by atoms with Crippen molar-refractivity contribution >= 4 is 5.52 Å². The molecule has 0 N–H and O–H groups in total. The number of fused-ring (bicyclic) bond motifs is 1. The van der Waals surface area contributed by atoms with Gasteiger partial charge >= 0.3 is 0 Å². The van der Waals surface area contributed by atoms with Gasteiger partial charge in [-0.2, -0.15) is 5.10 Å². The third kappa shape index (κ3) is 1.26. The molecule has 2 aromatic heterocycles. The molecule has 0 unspecified atom stereocenters. The van der Waals surface area contributed by atoms with Gasteiger partial charge in [-0.05, 0) is 24.1 Å². The molecule has 2 heterocycles. The maximum atomic E-state index is 5.10. The molecule has 13 heavy (non-hydrogen) atoms. The third-order valence-corrected chi connectivity index (χ3v) is 2.19. The largest absolute Gasteiger partial charge is 0.495 e. The fourth-order valence-corrected chi connectivity index (χ4v) is 1.41. The average molecular weight is 176 g/mol. The quantitative estimate of drug-likeness (QED) is 0.698. The van der Waals surface area contributed by atoms with Crippen LogP contribution in [0.5, 0.6) is 5.75 Å². The van der Waals surface area contributed by atoms with Crippen LogP contribution >= 0.6 is 0 Å². The molecule has 0 radical (unpaired) electrons. The summed E-state index contributed by atoms with van der Waals surface area (Å²) in [6.45, 7) is 2.13. The monoisotopic (exact) mass is 176 g/mol. The highest BCUT2D eigenvalue weighted by Crippen LogP contribution is 2.15. The van der Waals surface area contributed by atoms with Crippen molar-refractivity contribution in [1.82, 2.24) is 9.61 Å². The van der Waals surface area contributed by atoms with Crippen molar-refractivity contribution in [2.75, 3.05) is 7.11 Å². The molecular weight excluding hydrogens is 164 g/mol. The smallest absolute Gasteiger partial charge is 0.137 e. The van der Waals surface area contributed by atoms with Crippen molar-refractivity contribution in [2.45, 2.75) is 13.3 Å². The highest BCUT2D eigenvalue weighted by Gasteiger charge is 2.01. The van der Waals surface area contributed by atoms with Crippen molar-refractivity contribution in [1.29, 1.82) is 0 Å². The van der Waals surface area contributed by atoms with Crippen molar-refractivity contribution in [2.24, 2.45) is 0 Å². The van der Waals surface area contributed by atoms with Crippen LogP contribution in [0.25, 0.3) is 5.52 Å². The van der Waals surface area contributed by atoms with Crippen LogP contribution in [0.2, 0.25) is 0 Å². The lowest BCUT2D eigenvalue weighted by Crippen LogP contribution is -1.90. The first kappa shape index (κ1) is 8.10. The number of rotatable bonds is 2. The van der Waals surface area contributed by atoms with Crippen LogP contribution in [0.3, 0.4) is 0 Å². The summed E-state index contributed by atoms with van der Waals surface area (Å²) in [5.74, 6) is 0.832. The molecule has 0 aliphatic rings. The van der Waals surface area contributed by atoms with Gasteiger partial charge in [-0.25, -0.2) is 4.52 Å². The minimum atomic E-state index is 0.832. The fraction of sp³-hybridized carbons (Fsp3) is 0.300. The van der Waals surface area contributed by atoms with E-state index in [9.17, 15) is 0 Å². The normalized spacial score (nSPS) is 10.6. The zero-order valence-corrected chi connectivity index (χ0v) is 7.82. The van der Waals surface area contributed by atoms with Gasteiger partial charge < -0.3 is 4.74 Å². The summed E-state index contributed by atoms with van der Waals surface area (Å²) in [6.07, 6.45) is 4.79. The summed E-state index contributed by atoms with van der Waals surface area (Å²) >= 11 is 0. The van der Waals surface area contributed by atoms with Gasteiger partial charge in [-0.1, -0.05) is 6.92 Å². The lowest BCUT2D eigenvalue weighted by molar-refractivity contribution is 0.411. The van der Waals surface area contributed by atoms with E-state index in [1.54, 1.807) is 7.11 Å². The van der Waals surface area contributed by atoms with Crippen LogP contribution < -0.4 is 4.74 Å². The Morgan fingerprint density at radius 2 is 2.31 bits per heavy atom. The van der Waals surface area contributed by atoms with E-state index in [1.807, 2.05) is 29.0 Å². The molecule has 0 aromatic carbocycles. The summed E-state index contributed by atoms with van der Waals surface area (Å²) in [4.78, 5) is 0. The van der Waals surface area contributed by atoms with Crippen LogP contribution in [0.1, 0.15) is 12.5 Å². The number of aryl methyl sites for hydroxylation is 1. The number of aromatic nitrogens is 2. The Bertz CT molecular complexity index is 420. The highest BCUT2D eigenvalue weighted by molar-refractivity contribution is 5.54. The van der Waals surface area contributed by atoms with Gasteiger partial charge in [0, 0.05) is 0 Å². The first-order valence-corrected chi connectivity index (χ1v) is 4.35. The number of ether oxygens (including phenoxy) is 1. The Hall–Kier alpha value is -1.51. The zero-order chi connectivity index (χ0) is 9.26.